The molecule has 2 fully saturated rings. The Labute approximate surface area is 116 Å². The molecule has 110 valence electrons. The minimum Gasteiger partial charge on any atom is -0.388 e. The van der Waals surface area contributed by atoms with Crippen molar-refractivity contribution in [3.8, 4) is 0 Å². The van der Waals surface area contributed by atoms with E-state index >= 15 is 0 Å². The molecule has 0 aromatic heterocycles. The maximum absolute atomic E-state index is 12.3. The highest BCUT2D eigenvalue weighted by Gasteiger charge is 2.37. The summed E-state index contributed by atoms with van der Waals surface area (Å²) < 4.78 is 0. The summed E-state index contributed by atoms with van der Waals surface area (Å²) in [7, 11) is 0. The zero-order valence-electron chi connectivity index (χ0n) is 12.3. The molecule has 2 aliphatic rings. The van der Waals surface area contributed by atoms with Gasteiger partial charge in [-0.1, -0.05) is 13.8 Å². The normalized spacial score (nSPS) is 34.8. The molecular formula is C15H28N2O2. The lowest BCUT2D eigenvalue weighted by atomic mass is 9.78. The van der Waals surface area contributed by atoms with Gasteiger partial charge in [-0.25, -0.2) is 0 Å². The molecule has 4 heteroatoms. The van der Waals surface area contributed by atoms with Crippen molar-refractivity contribution < 1.29 is 9.90 Å². The summed E-state index contributed by atoms with van der Waals surface area (Å²) in [6.07, 6.45) is 5.52. The minimum absolute atomic E-state index is 0.112. The monoisotopic (exact) mass is 268 g/mol. The van der Waals surface area contributed by atoms with Gasteiger partial charge in [0, 0.05) is 12.0 Å². The zero-order chi connectivity index (χ0) is 13.9. The molecule has 1 aliphatic heterocycles. The average Bonchev–Trinajstić information content (AvgIpc) is 2.41. The molecule has 1 heterocycles. The summed E-state index contributed by atoms with van der Waals surface area (Å²) in [5.41, 5.74) is -0.936. The van der Waals surface area contributed by atoms with Crippen LogP contribution >= 0.6 is 0 Å². The molecule has 0 aromatic rings. The smallest absolute Gasteiger partial charge is 0.226 e. The lowest BCUT2D eigenvalue weighted by molar-refractivity contribution is -0.133. The fourth-order valence-corrected chi connectivity index (χ4v) is 3.14. The van der Waals surface area contributed by atoms with Crippen LogP contribution in [0.2, 0.25) is 0 Å². The van der Waals surface area contributed by atoms with E-state index in [0.717, 1.165) is 51.6 Å². The Bertz CT molecular complexity index is 316. The fraction of sp³-hybridized carbons (Fsp3) is 0.933. The first-order valence-electron chi connectivity index (χ1n) is 7.65. The van der Waals surface area contributed by atoms with Crippen LogP contribution in [0.15, 0.2) is 0 Å². The van der Waals surface area contributed by atoms with Gasteiger partial charge in [-0.3, -0.25) is 4.79 Å². The van der Waals surface area contributed by atoms with Crippen LogP contribution in [0.4, 0.5) is 0 Å². The summed E-state index contributed by atoms with van der Waals surface area (Å²) in [5, 5.41) is 16.8. The van der Waals surface area contributed by atoms with E-state index in [1.165, 1.54) is 0 Å². The van der Waals surface area contributed by atoms with Gasteiger partial charge in [0.2, 0.25) is 5.91 Å². The lowest BCUT2D eigenvalue weighted by Crippen LogP contribution is -2.51. The van der Waals surface area contributed by atoms with Gasteiger partial charge < -0.3 is 15.7 Å². The molecule has 0 spiro atoms. The van der Waals surface area contributed by atoms with E-state index < -0.39 is 5.60 Å². The van der Waals surface area contributed by atoms with E-state index in [2.05, 4.69) is 17.6 Å². The third-order valence-electron chi connectivity index (χ3n) is 5.04. The molecule has 1 aliphatic carbocycles. The Kier molecular flexibility index (Phi) is 4.51. The Morgan fingerprint density at radius 3 is 2.42 bits per heavy atom. The number of hydrogen-bond acceptors (Lipinski definition) is 3. The van der Waals surface area contributed by atoms with Crippen LogP contribution < -0.4 is 10.6 Å². The molecule has 1 amide bonds. The first-order valence-corrected chi connectivity index (χ1v) is 7.65. The molecule has 0 bridgehead atoms. The second-order valence-electron chi connectivity index (χ2n) is 6.90. The predicted molar refractivity (Wildman–Crippen MR) is 75.8 cm³/mol. The molecule has 0 unspecified atom stereocenters. The van der Waals surface area contributed by atoms with Gasteiger partial charge in [-0.05, 0) is 57.5 Å². The highest BCUT2D eigenvalue weighted by atomic mass is 16.3. The fourth-order valence-electron chi connectivity index (χ4n) is 3.14. The molecular weight excluding hydrogens is 240 g/mol. The Balaban J connectivity index is 1.82. The number of carbonyl (C=O) groups excluding carboxylic acids is 1. The van der Waals surface area contributed by atoms with Crippen LogP contribution in [0.1, 0.15) is 52.4 Å². The Morgan fingerprint density at radius 2 is 1.84 bits per heavy atom. The van der Waals surface area contributed by atoms with Crippen molar-refractivity contribution in [2.24, 2.45) is 11.3 Å². The summed E-state index contributed by atoms with van der Waals surface area (Å²) in [5.74, 6) is 0.818. The predicted octanol–water partition coefficient (Wildman–Crippen LogP) is 1.43. The molecule has 0 radical (unpaired) electrons. The van der Waals surface area contributed by atoms with Crippen LogP contribution in [0.3, 0.4) is 0 Å². The van der Waals surface area contributed by atoms with Gasteiger partial charge in [0.05, 0.1) is 5.60 Å². The summed E-state index contributed by atoms with van der Waals surface area (Å²) in [6.45, 7) is 6.50. The van der Waals surface area contributed by atoms with Crippen molar-refractivity contribution in [2.75, 3.05) is 19.6 Å². The molecule has 19 heavy (non-hydrogen) atoms. The molecule has 0 atom stereocenters. The van der Waals surface area contributed by atoms with Crippen molar-refractivity contribution in [2.45, 2.75) is 58.0 Å². The van der Waals surface area contributed by atoms with Crippen LogP contribution in [0.25, 0.3) is 0 Å². The first-order chi connectivity index (χ1) is 8.94. The van der Waals surface area contributed by atoms with Gasteiger partial charge in [0.15, 0.2) is 0 Å². The van der Waals surface area contributed by atoms with E-state index in [0.29, 0.717) is 12.5 Å². The first kappa shape index (κ1) is 14.8. The van der Waals surface area contributed by atoms with Crippen molar-refractivity contribution >= 4 is 5.91 Å². The Morgan fingerprint density at radius 1 is 1.26 bits per heavy atom. The van der Waals surface area contributed by atoms with Gasteiger partial charge in [-0.2, -0.15) is 0 Å². The van der Waals surface area contributed by atoms with Crippen LogP contribution in [-0.2, 0) is 4.79 Å². The third-order valence-corrected chi connectivity index (χ3v) is 5.04. The molecule has 1 saturated heterocycles. The lowest BCUT2D eigenvalue weighted by Gasteiger charge is -2.37. The molecule has 4 nitrogen and oxygen atoms in total. The van der Waals surface area contributed by atoms with Crippen LogP contribution in [0.5, 0.6) is 0 Å². The third kappa shape index (κ3) is 3.69. The average molecular weight is 268 g/mol. The largest absolute Gasteiger partial charge is 0.388 e. The molecule has 1 saturated carbocycles. The number of carbonyl (C=O) groups is 1. The summed E-state index contributed by atoms with van der Waals surface area (Å²) >= 11 is 0. The van der Waals surface area contributed by atoms with Crippen molar-refractivity contribution in [3.05, 3.63) is 0 Å². The maximum Gasteiger partial charge on any atom is 0.226 e. The van der Waals surface area contributed by atoms with E-state index in [1.54, 1.807) is 0 Å². The van der Waals surface area contributed by atoms with Gasteiger partial charge >= 0.3 is 0 Å². The van der Waals surface area contributed by atoms with Crippen molar-refractivity contribution in [3.63, 3.8) is 0 Å². The molecule has 2 rings (SSSR count). The maximum atomic E-state index is 12.3. The van der Waals surface area contributed by atoms with Crippen LogP contribution in [0, 0.1) is 11.3 Å². The van der Waals surface area contributed by atoms with E-state index in [9.17, 15) is 9.90 Å². The van der Waals surface area contributed by atoms with Crippen molar-refractivity contribution in [1.82, 2.24) is 10.6 Å². The topological polar surface area (TPSA) is 61.4 Å². The highest BCUT2D eigenvalue weighted by Crippen LogP contribution is 2.32. The second-order valence-corrected chi connectivity index (χ2v) is 6.90. The van der Waals surface area contributed by atoms with Crippen molar-refractivity contribution in [1.29, 1.82) is 0 Å². The SMILES string of the molecule is CC1CCC(O)(CNC(=O)C2(C)CCNCC2)CC1. The van der Waals surface area contributed by atoms with E-state index in [4.69, 9.17) is 0 Å². The van der Waals surface area contributed by atoms with Gasteiger partial charge in [0.1, 0.15) is 0 Å². The number of piperidine rings is 1. The van der Waals surface area contributed by atoms with E-state index in [1.807, 2.05) is 6.92 Å². The molecule has 0 aromatic carbocycles. The number of amides is 1. The van der Waals surface area contributed by atoms with Gasteiger partial charge in [-0.15, -0.1) is 0 Å². The summed E-state index contributed by atoms with van der Waals surface area (Å²) in [4.78, 5) is 12.3. The number of hydrogen-bond donors (Lipinski definition) is 3. The van der Waals surface area contributed by atoms with E-state index in [-0.39, 0.29) is 11.3 Å². The zero-order valence-corrected chi connectivity index (χ0v) is 12.3. The highest BCUT2D eigenvalue weighted by molar-refractivity contribution is 5.82. The standard InChI is InChI=1S/C15H28N2O2/c1-12-3-5-15(19,6-4-12)11-17-13(18)14(2)7-9-16-10-8-14/h12,16,19H,3-11H2,1-2H3,(H,17,18). The Hall–Kier alpha value is -0.610. The number of aliphatic hydroxyl groups is 1. The quantitative estimate of drug-likeness (QED) is 0.726. The number of nitrogens with one attached hydrogen (secondary N) is 2. The second kappa shape index (κ2) is 5.80. The number of rotatable bonds is 3. The molecule has 3 N–H and O–H groups in total. The van der Waals surface area contributed by atoms with Gasteiger partial charge in [0.25, 0.3) is 0 Å². The minimum atomic E-state index is -0.675. The summed E-state index contributed by atoms with van der Waals surface area (Å²) in [6, 6.07) is 0. The van der Waals surface area contributed by atoms with Crippen LogP contribution in [-0.4, -0.2) is 36.2 Å².